The van der Waals surface area contributed by atoms with Gasteiger partial charge in [-0.2, -0.15) is 0 Å². The lowest BCUT2D eigenvalue weighted by Gasteiger charge is -2.32. The Morgan fingerprint density at radius 2 is 1.81 bits per heavy atom. The molecule has 1 saturated heterocycles. The average molecular weight is 363 g/mol. The highest BCUT2D eigenvalue weighted by Crippen LogP contribution is 2.21. The summed E-state index contributed by atoms with van der Waals surface area (Å²) in [4.78, 5) is 26.0. The van der Waals surface area contributed by atoms with Gasteiger partial charge in [-0.05, 0) is 36.9 Å². The summed E-state index contributed by atoms with van der Waals surface area (Å²) in [5.74, 6) is 1.20. The van der Waals surface area contributed by atoms with Crippen LogP contribution in [-0.4, -0.2) is 63.5 Å². The van der Waals surface area contributed by atoms with Gasteiger partial charge in [0.05, 0.1) is 6.42 Å². The first-order valence-electron chi connectivity index (χ1n) is 9.53. The van der Waals surface area contributed by atoms with Crippen LogP contribution in [0.5, 0.6) is 0 Å². The number of fused-ring (bicyclic) bond motifs is 1. The number of piperazine rings is 1. The van der Waals surface area contributed by atoms with Gasteiger partial charge in [0.15, 0.2) is 5.65 Å². The highest BCUT2D eigenvalue weighted by atomic mass is 16.2. The van der Waals surface area contributed by atoms with Crippen molar-refractivity contribution in [2.24, 2.45) is 0 Å². The maximum atomic E-state index is 12.5. The average Bonchev–Trinajstić information content (AvgIpc) is 3.08. The molecule has 140 valence electrons. The minimum absolute atomic E-state index is 0.208. The molecule has 0 spiro atoms. The maximum absolute atomic E-state index is 12.5. The Labute approximate surface area is 159 Å². The molecule has 0 N–H and O–H groups in total. The normalized spacial score (nSPS) is 15.4. The number of benzene rings is 1. The van der Waals surface area contributed by atoms with E-state index in [2.05, 4.69) is 45.5 Å². The number of amides is 1. The molecule has 1 fully saturated rings. The Bertz CT molecular complexity index is 939. The molecule has 1 aliphatic rings. The van der Waals surface area contributed by atoms with Gasteiger partial charge in [0, 0.05) is 44.5 Å². The van der Waals surface area contributed by atoms with Crippen LogP contribution in [0.3, 0.4) is 0 Å². The zero-order chi connectivity index (χ0) is 18.8. The number of hydrogen-bond donors (Lipinski definition) is 0. The second kappa shape index (κ2) is 7.48. The molecule has 0 aliphatic carbocycles. The van der Waals surface area contributed by atoms with E-state index in [4.69, 9.17) is 0 Å². The Balaban J connectivity index is 1.54. The molecular weight excluding hydrogens is 338 g/mol. The third-order valence-corrected chi connectivity index (χ3v) is 5.21. The van der Waals surface area contributed by atoms with E-state index in [0.29, 0.717) is 6.42 Å². The topological polar surface area (TPSA) is 54.3 Å². The molecule has 0 unspecified atom stereocenters. The van der Waals surface area contributed by atoms with E-state index < -0.39 is 0 Å². The van der Waals surface area contributed by atoms with E-state index in [1.54, 1.807) is 6.20 Å². The van der Waals surface area contributed by atoms with Crippen LogP contribution >= 0.6 is 0 Å². The van der Waals surface area contributed by atoms with Gasteiger partial charge in [-0.15, -0.1) is 0 Å². The van der Waals surface area contributed by atoms with Crippen LogP contribution in [0, 0.1) is 0 Å². The monoisotopic (exact) mass is 363 g/mol. The van der Waals surface area contributed by atoms with E-state index in [1.807, 2.05) is 29.2 Å². The molecule has 0 bridgehead atoms. The van der Waals surface area contributed by atoms with Gasteiger partial charge in [0.1, 0.15) is 11.3 Å². The summed E-state index contributed by atoms with van der Waals surface area (Å²) in [5.41, 5.74) is 3.85. The summed E-state index contributed by atoms with van der Waals surface area (Å²) in [6.45, 7) is 5.64. The number of carbonyl (C=O) groups excluding carboxylic acids is 1. The molecule has 3 aromatic rings. The molecule has 3 heterocycles. The van der Waals surface area contributed by atoms with Crippen molar-refractivity contribution in [1.82, 2.24) is 24.3 Å². The van der Waals surface area contributed by atoms with Crippen LogP contribution in [-0.2, 0) is 17.6 Å². The molecule has 0 radical (unpaired) electrons. The fourth-order valence-electron chi connectivity index (χ4n) is 3.57. The van der Waals surface area contributed by atoms with E-state index in [1.165, 1.54) is 0 Å². The molecule has 6 heteroatoms. The summed E-state index contributed by atoms with van der Waals surface area (Å²) in [5, 5.41) is 0. The van der Waals surface area contributed by atoms with Gasteiger partial charge in [0.25, 0.3) is 0 Å². The van der Waals surface area contributed by atoms with E-state index >= 15 is 0 Å². The molecular formula is C21H25N5O. The summed E-state index contributed by atoms with van der Waals surface area (Å²) >= 11 is 0. The van der Waals surface area contributed by atoms with Crippen LogP contribution in [0.4, 0.5) is 0 Å². The van der Waals surface area contributed by atoms with Crippen LogP contribution in [0.1, 0.15) is 18.3 Å². The Morgan fingerprint density at radius 3 is 2.52 bits per heavy atom. The highest BCUT2D eigenvalue weighted by molar-refractivity contribution is 5.79. The molecule has 1 aliphatic heterocycles. The van der Waals surface area contributed by atoms with E-state index in [9.17, 15) is 4.79 Å². The first-order valence-corrected chi connectivity index (χ1v) is 9.53. The largest absolute Gasteiger partial charge is 0.340 e. The number of hydrogen-bond acceptors (Lipinski definition) is 4. The molecule has 0 atom stereocenters. The quantitative estimate of drug-likeness (QED) is 0.714. The summed E-state index contributed by atoms with van der Waals surface area (Å²) in [6.07, 6.45) is 3.08. The summed E-state index contributed by atoms with van der Waals surface area (Å²) in [6, 6.07) is 12.1. The molecule has 4 rings (SSSR count). The number of likely N-dealkylation sites (N-methyl/N-ethyl adjacent to an activating group) is 1. The lowest BCUT2D eigenvalue weighted by Crippen LogP contribution is -2.47. The second-order valence-corrected chi connectivity index (χ2v) is 7.09. The number of carbonyl (C=O) groups is 1. The van der Waals surface area contributed by atoms with Gasteiger partial charge in [-0.1, -0.05) is 19.1 Å². The van der Waals surface area contributed by atoms with Crippen molar-refractivity contribution in [2.75, 3.05) is 33.2 Å². The molecule has 0 saturated carbocycles. The summed E-state index contributed by atoms with van der Waals surface area (Å²) in [7, 11) is 2.10. The fourth-order valence-corrected chi connectivity index (χ4v) is 3.57. The lowest BCUT2D eigenvalue weighted by atomic mass is 10.1. The SMILES string of the molecule is CCc1nc2cccnc2n1-c1ccc(CC(=O)N2CCN(C)CC2)cc1. The van der Waals surface area contributed by atoms with Crippen LogP contribution < -0.4 is 0 Å². The van der Waals surface area contributed by atoms with Crippen LogP contribution in [0.15, 0.2) is 42.6 Å². The number of pyridine rings is 1. The van der Waals surface area contributed by atoms with Gasteiger partial charge in [0.2, 0.25) is 5.91 Å². The first-order chi connectivity index (χ1) is 13.2. The predicted molar refractivity (Wildman–Crippen MR) is 106 cm³/mol. The molecule has 2 aromatic heterocycles. The maximum Gasteiger partial charge on any atom is 0.227 e. The Morgan fingerprint density at radius 1 is 1.07 bits per heavy atom. The predicted octanol–water partition coefficient (Wildman–Crippen LogP) is 2.30. The first kappa shape index (κ1) is 17.7. The molecule has 27 heavy (non-hydrogen) atoms. The third-order valence-electron chi connectivity index (χ3n) is 5.21. The zero-order valence-corrected chi connectivity index (χ0v) is 15.9. The van der Waals surface area contributed by atoms with Crippen molar-refractivity contribution in [3.8, 4) is 5.69 Å². The molecule has 1 amide bonds. The van der Waals surface area contributed by atoms with Crippen molar-refractivity contribution in [2.45, 2.75) is 19.8 Å². The third kappa shape index (κ3) is 3.57. The summed E-state index contributed by atoms with van der Waals surface area (Å²) < 4.78 is 2.10. The van der Waals surface area contributed by atoms with Crippen molar-refractivity contribution in [3.05, 3.63) is 54.0 Å². The van der Waals surface area contributed by atoms with Crippen molar-refractivity contribution < 1.29 is 4.79 Å². The smallest absolute Gasteiger partial charge is 0.227 e. The van der Waals surface area contributed by atoms with Gasteiger partial charge in [-0.25, -0.2) is 9.97 Å². The van der Waals surface area contributed by atoms with Gasteiger partial charge < -0.3 is 9.80 Å². The van der Waals surface area contributed by atoms with Crippen molar-refractivity contribution >= 4 is 17.1 Å². The minimum atomic E-state index is 0.208. The number of rotatable bonds is 4. The van der Waals surface area contributed by atoms with Crippen molar-refractivity contribution in [1.29, 1.82) is 0 Å². The molecule has 6 nitrogen and oxygen atoms in total. The van der Waals surface area contributed by atoms with Crippen LogP contribution in [0.25, 0.3) is 16.9 Å². The number of aryl methyl sites for hydroxylation is 1. The van der Waals surface area contributed by atoms with E-state index in [-0.39, 0.29) is 5.91 Å². The number of imidazole rings is 1. The standard InChI is InChI=1S/C21H25N5O/c1-3-19-23-18-5-4-10-22-21(18)26(19)17-8-6-16(7-9-17)15-20(27)25-13-11-24(2)12-14-25/h4-10H,3,11-15H2,1-2H3. The Hall–Kier alpha value is -2.73. The van der Waals surface area contributed by atoms with E-state index in [0.717, 1.165) is 60.8 Å². The second-order valence-electron chi connectivity index (χ2n) is 7.09. The number of aromatic nitrogens is 3. The van der Waals surface area contributed by atoms with Gasteiger partial charge in [-0.3, -0.25) is 9.36 Å². The molecule has 1 aromatic carbocycles. The zero-order valence-electron chi connectivity index (χ0n) is 15.9. The van der Waals surface area contributed by atoms with Gasteiger partial charge >= 0.3 is 0 Å². The van der Waals surface area contributed by atoms with Crippen LogP contribution in [0.2, 0.25) is 0 Å². The Kier molecular flexibility index (Phi) is 4.90. The van der Waals surface area contributed by atoms with Crippen molar-refractivity contribution in [3.63, 3.8) is 0 Å². The minimum Gasteiger partial charge on any atom is -0.340 e. The fraction of sp³-hybridized carbons (Fsp3) is 0.381. The number of nitrogens with zero attached hydrogens (tertiary/aromatic N) is 5. The highest BCUT2D eigenvalue weighted by Gasteiger charge is 2.19. The lowest BCUT2D eigenvalue weighted by molar-refractivity contribution is -0.132.